The highest BCUT2D eigenvalue weighted by atomic mass is 35.5. The third kappa shape index (κ3) is 3.83. The van der Waals surface area contributed by atoms with Gasteiger partial charge in [-0.15, -0.1) is 0 Å². The van der Waals surface area contributed by atoms with Crippen molar-refractivity contribution >= 4 is 49.9 Å². The number of hydrogen-bond donors (Lipinski definition) is 0. The van der Waals surface area contributed by atoms with Gasteiger partial charge in [0, 0.05) is 37.3 Å². The molecule has 0 unspecified atom stereocenters. The molecule has 150 valence electrons. The lowest BCUT2D eigenvalue weighted by Crippen LogP contribution is -2.48. The van der Waals surface area contributed by atoms with E-state index in [2.05, 4.69) is 9.88 Å². The molecule has 1 aliphatic heterocycles. The predicted molar refractivity (Wildman–Crippen MR) is 112 cm³/mol. The largest absolute Gasteiger partial charge is 0.497 e. The number of rotatable bonds is 4. The number of nitro benzene ring substituents is 1. The number of carbonyl (C=O) groups excluding carboxylic acids is 1. The summed E-state index contributed by atoms with van der Waals surface area (Å²) in [4.78, 5) is 31.9. The third-order valence-corrected chi connectivity index (χ3v) is 6.12. The van der Waals surface area contributed by atoms with Crippen LogP contribution < -0.4 is 9.64 Å². The molecule has 1 saturated heterocycles. The number of hydrogen-bond acceptors (Lipinski definition) is 7. The van der Waals surface area contributed by atoms with Gasteiger partial charge in [0.05, 0.1) is 22.2 Å². The molecule has 3 aromatic rings. The zero-order valence-electron chi connectivity index (χ0n) is 15.5. The first kappa shape index (κ1) is 19.4. The number of carbonyl (C=O) groups is 1. The number of aromatic nitrogens is 1. The van der Waals surface area contributed by atoms with Gasteiger partial charge in [0.2, 0.25) is 0 Å². The van der Waals surface area contributed by atoms with Crippen LogP contribution in [0.4, 0.5) is 10.8 Å². The van der Waals surface area contributed by atoms with Gasteiger partial charge in [-0.25, -0.2) is 4.98 Å². The molecule has 1 aromatic heterocycles. The van der Waals surface area contributed by atoms with Crippen molar-refractivity contribution in [1.29, 1.82) is 0 Å². The van der Waals surface area contributed by atoms with Gasteiger partial charge in [-0.05, 0) is 30.3 Å². The molecule has 0 aliphatic carbocycles. The minimum atomic E-state index is -0.560. The molecule has 0 bridgehead atoms. The predicted octanol–water partition coefficient (Wildman–Crippen LogP) is 3.83. The van der Waals surface area contributed by atoms with Gasteiger partial charge in [-0.2, -0.15) is 0 Å². The summed E-state index contributed by atoms with van der Waals surface area (Å²) < 4.78 is 6.29. The minimum absolute atomic E-state index is 0.0167. The van der Waals surface area contributed by atoms with Gasteiger partial charge in [0.15, 0.2) is 5.13 Å². The number of methoxy groups -OCH3 is 1. The Morgan fingerprint density at radius 2 is 1.97 bits per heavy atom. The normalized spacial score (nSPS) is 14.3. The summed E-state index contributed by atoms with van der Waals surface area (Å²) in [7, 11) is 1.63. The van der Waals surface area contributed by atoms with Gasteiger partial charge in [0.25, 0.3) is 11.6 Å². The molecule has 8 nitrogen and oxygen atoms in total. The number of piperazine rings is 1. The molecule has 0 spiro atoms. The molecule has 1 amide bonds. The summed E-state index contributed by atoms with van der Waals surface area (Å²) in [5, 5.41) is 12.4. The van der Waals surface area contributed by atoms with Crippen LogP contribution in [0.2, 0.25) is 5.02 Å². The van der Waals surface area contributed by atoms with Gasteiger partial charge >= 0.3 is 0 Å². The summed E-state index contributed by atoms with van der Waals surface area (Å²) in [5.74, 6) is 0.402. The average Bonchev–Trinajstić information content (AvgIpc) is 3.16. The number of halogens is 1. The number of anilines is 1. The Kier molecular flexibility index (Phi) is 5.25. The van der Waals surface area contributed by atoms with Crippen LogP contribution in [0.25, 0.3) is 10.2 Å². The number of amides is 1. The van der Waals surface area contributed by atoms with E-state index in [0.29, 0.717) is 31.2 Å². The highest BCUT2D eigenvalue weighted by molar-refractivity contribution is 7.22. The zero-order valence-corrected chi connectivity index (χ0v) is 17.1. The van der Waals surface area contributed by atoms with Crippen molar-refractivity contribution in [3.8, 4) is 5.75 Å². The zero-order chi connectivity index (χ0) is 20.5. The van der Waals surface area contributed by atoms with Gasteiger partial charge in [-0.1, -0.05) is 22.9 Å². The minimum Gasteiger partial charge on any atom is -0.497 e. The van der Waals surface area contributed by atoms with E-state index in [0.717, 1.165) is 21.1 Å². The van der Waals surface area contributed by atoms with E-state index in [9.17, 15) is 14.9 Å². The van der Waals surface area contributed by atoms with Gasteiger partial charge < -0.3 is 14.5 Å². The van der Waals surface area contributed by atoms with Crippen LogP contribution in [0.3, 0.4) is 0 Å². The average molecular weight is 433 g/mol. The fourth-order valence-corrected chi connectivity index (χ4v) is 4.48. The topological polar surface area (TPSA) is 88.8 Å². The van der Waals surface area contributed by atoms with Crippen LogP contribution in [0, 0.1) is 10.1 Å². The summed E-state index contributed by atoms with van der Waals surface area (Å²) in [5.41, 5.74) is 0.684. The van der Waals surface area contributed by atoms with Crippen molar-refractivity contribution in [1.82, 2.24) is 9.88 Å². The lowest BCUT2D eigenvalue weighted by atomic mass is 10.1. The Bertz CT molecular complexity index is 1100. The van der Waals surface area contributed by atoms with E-state index in [4.69, 9.17) is 16.3 Å². The molecule has 0 atom stereocenters. The quantitative estimate of drug-likeness (QED) is 0.460. The lowest BCUT2D eigenvalue weighted by molar-refractivity contribution is -0.385. The standard InChI is InChI=1S/C19H17ClN4O4S/c1-28-13-3-4-15-17(11-13)29-19(21-15)23-8-6-22(7-9-23)18(25)14-10-12(20)2-5-16(14)24(26)27/h2-5,10-11H,6-9H2,1H3. The molecule has 10 heteroatoms. The Balaban J connectivity index is 1.49. The van der Waals surface area contributed by atoms with E-state index in [-0.39, 0.29) is 17.2 Å². The molecule has 1 fully saturated rings. The van der Waals surface area contributed by atoms with Crippen LogP contribution in [0.1, 0.15) is 10.4 Å². The summed E-state index contributed by atoms with van der Waals surface area (Å²) >= 11 is 7.52. The van der Waals surface area contributed by atoms with Crippen LogP contribution >= 0.6 is 22.9 Å². The molecule has 0 N–H and O–H groups in total. The molecular formula is C19H17ClN4O4S. The fourth-order valence-electron chi connectivity index (χ4n) is 3.26. The second-order valence-corrected chi connectivity index (χ2v) is 7.97. The van der Waals surface area contributed by atoms with Crippen LogP contribution in [-0.4, -0.2) is 54.0 Å². The third-order valence-electron chi connectivity index (χ3n) is 4.81. The molecule has 4 rings (SSSR count). The summed E-state index contributed by atoms with van der Waals surface area (Å²) in [6, 6.07) is 9.79. The number of nitrogens with zero attached hydrogens (tertiary/aromatic N) is 4. The number of benzene rings is 2. The van der Waals surface area contributed by atoms with Gasteiger partial charge in [-0.3, -0.25) is 14.9 Å². The van der Waals surface area contributed by atoms with Crippen molar-refractivity contribution in [3.05, 3.63) is 57.1 Å². The smallest absolute Gasteiger partial charge is 0.282 e. The maximum atomic E-state index is 12.8. The van der Waals surface area contributed by atoms with E-state index < -0.39 is 4.92 Å². The molecule has 2 heterocycles. The molecule has 0 saturated carbocycles. The highest BCUT2D eigenvalue weighted by Gasteiger charge is 2.28. The van der Waals surface area contributed by atoms with Crippen molar-refractivity contribution in [2.45, 2.75) is 0 Å². The number of ether oxygens (including phenoxy) is 1. The maximum absolute atomic E-state index is 12.8. The SMILES string of the molecule is COc1ccc2nc(N3CCN(C(=O)c4cc(Cl)ccc4[N+](=O)[O-])CC3)sc2c1. The molecule has 2 aromatic carbocycles. The Morgan fingerprint density at radius 3 is 2.66 bits per heavy atom. The number of fused-ring (bicyclic) bond motifs is 1. The summed E-state index contributed by atoms with van der Waals surface area (Å²) in [6.07, 6.45) is 0. The van der Waals surface area contributed by atoms with Crippen LogP contribution in [0.5, 0.6) is 5.75 Å². The Morgan fingerprint density at radius 1 is 1.21 bits per heavy atom. The first-order valence-electron chi connectivity index (χ1n) is 8.89. The highest BCUT2D eigenvalue weighted by Crippen LogP contribution is 2.32. The van der Waals surface area contributed by atoms with Crippen LogP contribution in [-0.2, 0) is 0 Å². The van der Waals surface area contributed by atoms with Crippen molar-refractivity contribution in [3.63, 3.8) is 0 Å². The van der Waals surface area contributed by atoms with E-state index in [1.807, 2.05) is 18.2 Å². The summed E-state index contributed by atoms with van der Waals surface area (Å²) in [6.45, 7) is 2.08. The first-order valence-corrected chi connectivity index (χ1v) is 10.1. The molecule has 29 heavy (non-hydrogen) atoms. The Labute approximate surface area is 175 Å². The number of thiazole rings is 1. The van der Waals surface area contributed by atoms with Crippen molar-refractivity contribution in [2.75, 3.05) is 38.2 Å². The monoisotopic (exact) mass is 432 g/mol. The van der Waals surface area contributed by atoms with Crippen LogP contribution in [0.15, 0.2) is 36.4 Å². The fraction of sp³-hybridized carbons (Fsp3) is 0.263. The first-order chi connectivity index (χ1) is 14.0. The molecule has 0 radical (unpaired) electrons. The lowest BCUT2D eigenvalue weighted by Gasteiger charge is -2.34. The molecule has 1 aliphatic rings. The van der Waals surface area contributed by atoms with E-state index in [1.165, 1.54) is 18.2 Å². The maximum Gasteiger partial charge on any atom is 0.282 e. The van der Waals surface area contributed by atoms with E-state index in [1.54, 1.807) is 23.3 Å². The molecular weight excluding hydrogens is 416 g/mol. The van der Waals surface area contributed by atoms with Gasteiger partial charge in [0.1, 0.15) is 11.3 Å². The van der Waals surface area contributed by atoms with Crippen molar-refractivity contribution in [2.24, 2.45) is 0 Å². The second-order valence-electron chi connectivity index (χ2n) is 6.53. The van der Waals surface area contributed by atoms with Crippen molar-refractivity contribution < 1.29 is 14.5 Å². The Hall–Kier alpha value is -2.91. The second kappa shape index (κ2) is 7.84. The van der Waals surface area contributed by atoms with E-state index >= 15 is 0 Å². The number of nitro groups is 1.